The van der Waals surface area contributed by atoms with E-state index in [1.807, 2.05) is 51.1 Å². The van der Waals surface area contributed by atoms with Gasteiger partial charge in [0, 0.05) is 17.0 Å². The van der Waals surface area contributed by atoms with Crippen molar-refractivity contribution in [1.29, 1.82) is 0 Å². The lowest BCUT2D eigenvalue weighted by Crippen LogP contribution is -2.53. The second kappa shape index (κ2) is 7.81. The van der Waals surface area contributed by atoms with E-state index in [0.29, 0.717) is 17.0 Å². The number of oxime groups is 1. The van der Waals surface area contributed by atoms with Gasteiger partial charge in [0.2, 0.25) is 11.8 Å². The first-order valence-corrected chi connectivity index (χ1v) is 10.3. The lowest BCUT2D eigenvalue weighted by atomic mass is 9.88. The molecule has 2 aliphatic rings. The minimum atomic E-state index is -0.630. The smallest absolute Gasteiger partial charge is 0.255 e. The molecule has 1 fully saturated rings. The summed E-state index contributed by atoms with van der Waals surface area (Å²) in [6.07, 6.45) is 0.556. The lowest BCUT2D eigenvalue weighted by Gasteiger charge is -2.26. The van der Waals surface area contributed by atoms with E-state index in [4.69, 9.17) is 16.4 Å². The van der Waals surface area contributed by atoms with Gasteiger partial charge in [-0.25, -0.2) is 0 Å². The third-order valence-corrected chi connectivity index (χ3v) is 5.76. The Morgan fingerprint density at radius 3 is 2.48 bits per heavy atom. The van der Waals surface area contributed by atoms with Gasteiger partial charge in [-0.05, 0) is 67.3 Å². The van der Waals surface area contributed by atoms with Crippen molar-refractivity contribution < 1.29 is 19.2 Å². The van der Waals surface area contributed by atoms with Gasteiger partial charge in [-0.2, -0.15) is 0 Å². The van der Waals surface area contributed by atoms with E-state index < -0.39 is 17.4 Å². The maximum atomic E-state index is 12.8. The monoisotopic (exact) mass is 439 g/mol. The number of hydrogen-bond acceptors (Lipinski definition) is 5. The molecule has 2 aromatic carbocycles. The van der Waals surface area contributed by atoms with E-state index in [2.05, 4.69) is 10.5 Å². The van der Waals surface area contributed by atoms with E-state index in [0.717, 1.165) is 28.0 Å². The van der Waals surface area contributed by atoms with Crippen molar-refractivity contribution in [3.63, 3.8) is 0 Å². The van der Waals surface area contributed by atoms with E-state index in [1.54, 1.807) is 6.07 Å². The predicted molar refractivity (Wildman–Crippen MR) is 116 cm³/mol. The van der Waals surface area contributed by atoms with E-state index in [-0.39, 0.29) is 19.0 Å². The zero-order valence-corrected chi connectivity index (χ0v) is 18.2. The number of benzene rings is 2. The molecule has 4 rings (SSSR count). The molecule has 0 bridgehead atoms. The maximum absolute atomic E-state index is 12.8. The summed E-state index contributed by atoms with van der Waals surface area (Å²) in [5, 5.41) is 7.15. The van der Waals surface area contributed by atoms with Gasteiger partial charge in [0.25, 0.3) is 5.91 Å². The summed E-state index contributed by atoms with van der Waals surface area (Å²) in [6, 6.07) is 11.2. The fourth-order valence-corrected chi connectivity index (χ4v) is 4.21. The van der Waals surface area contributed by atoms with Gasteiger partial charge in [-0.15, -0.1) is 0 Å². The molecule has 0 aliphatic carbocycles. The highest BCUT2D eigenvalue weighted by Crippen LogP contribution is 2.37. The zero-order valence-electron chi connectivity index (χ0n) is 17.5. The van der Waals surface area contributed by atoms with E-state index in [9.17, 15) is 14.4 Å². The molecule has 8 heteroatoms. The summed E-state index contributed by atoms with van der Waals surface area (Å²) in [7, 11) is 0. The first kappa shape index (κ1) is 21.1. The van der Waals surface area contributed by atoms with Crippen LogP contribution in [0.3, 0.4) is 0 Å². The van der Waals surface area contributed by atoms with Crippen molar-refractivity contribution in [1.82, 2.24) is 10.2 Å². The van der Waals surface area contributed by atoms with Gasteiger partial charge >= 0.3 is 0 Å². The summed E-state index contributed by atoms with van der Waals surface area (Å²) < 4.78 is 0. The highest BCUT2D eigenvalue weighted by molar-refractivity contribution is 6.30. The minimum Gasteiger partial charge on any atom is -0.384 e. The highest BCUT2D eigenvalue weighted by atomic mass is 35.5. The number of piperazine rings is 1. The van der Waals surface area contributed by atoms with Crippen LogP contribution in [0.5, 0.6) is 0 Å². The molecule has 0 radical (unpaired) electrons. The lowest BCUT2D eigenvalue weighted by molar-refractivity contribution is -0.135. The van der Waals surface area contributed by atoms with Crippen LogP contribution in [0.2, 0.25) is 5.02 Å². The van der Waals surface area contributed by atoms with Crippen LogP contribution in [0.1, 0.15) is 46.0 Å². The van der Waals surface area contributed by atoms with Crippen LogP contribution in [0.15, 0.2) is 41.6 Å². The molecule has 1 N–H and O–H groups in total. The molecule has 160 valence electrons. The molecule has 0 aromatic heterocycles. The first-order valence-electron chi connectivity index (χ1n) is 9.90. The Morgan fingerprint density at radius 2 is 1.84 bits per heavy atom. The van der Waals surface area contributed by atoms with Crippen LogP contribution in [0.4, 0.5) is 0 Å². The number of hydrogen-bond donors (Lipinski definition) is 1. The number of nitrogens with one attached hydrogen (secondary N) is 1. The average Bonchev–Trinajstić information content (AvgIpc) is 3.09. The predicted octanol–water partition coefficient (Wildman–Crippen LogP) is 3.10. The molecule has 2 aliphatic heterocycles. The number of imide groups is 1. The maximum Gasteiger partial charge on any atom is 0.255 e. The fraction of sp³-hybridized carbons (Fsp3) is 0.304. The second-order valence-corrected chi connectivity index (χ2v) is 8.65. The molecular weight excluding hydrogens is 418 g/mol. The Labute approximate surface area is 185 Å². The second-order valence-electron chi connectivity index (χ2n) is 8.22. The van der Waals surface area contributed by atoms with Crippen molar-refractivity contribution in [3.8, 4) is 0 Å². The van der Waals surface area contributed by atoms with Crippen molar-refractivity contribution in [2.24, 2.45) is 5.16 Å². The average molecular weight is 440 g/mol. The molecule has 2 aromatic rings. The van der Waals surface area contributed by atoms with Crippen molar-refractivity contribution >= 4 is 35.0 Å². The summed E-state index contributed by atoms with van der Waals surface area (Å²) in [5.74, 6) is -1.31. The molecule has 7 nitrogen and oxygen atoms in total. The standard InChI is InChI=1S/C23H22ClN3O4/c1-13-6-16(9-17(24)7-13)23(3)10-19(26-31-23)15-4-5-18(14(2)8-15)22(30)27-11-20(28)25-21(29)12-27/h4-9H,10-12H2,1-3H3,(H,25,28,29). The van der Waals surface area contributed by atoms with Gasteiger partial charge < -0.3 is 9.74 Å². The normalized spacial score (nSPS) is 20.9. The fourth-order valence-electron chi connectivity index (χ4n) is 3.93. The number of aryl methyl sites for hydroxylation is 2. The largest absolute Gasteiger partial charge is 0.384 e. The Bertz CT molecular complexity index is 1110. The third-order valence-electron chi connectivity index (χ3n) is 5.54. The molecule has 31 heavy (non-hydrogen) atoms. The number of rotatable bonds is 3. The van der Waals surface area contributed by atoms with Gasteiger partial charge in [0.1, 0.15) is 13.1 Å². The molecule has 2 heterocycles. The molecular formula is C23H22ClN3O4. The Kier molecular flexibility index (Phi) is 5.31. The van der Waals surface area contributed by atoms with Crippen molar-refractivity contribution in [2.75, 3.05) is 13.1 Å². The molecule has 1 saturated heterocycles. The van der Waals surface area contributed by atoms with Crippen LogP contribution >= 0.6 is 11.6 Å². The van der Waals surface area contributed by atoms with Crippen molar-refractivity contribution in [2.45, 2.75) is 32.8 Å². The summed E-state index contributed by atoms with van der Waals surface area (Å²) in [5.41, 5.74) is 4.17. The quantitative estimate of drug-likeness (QED) is 0.744. The molecule has 1 atom stereocenters. The van der Waals surface area contributed by atoms with E-state index in [1.165, 1.54) is 4.90 Å². The molecule has 0 saturated carbocycles. The Morgan fingerprint density at radius 1 is 1.13 bits per heavy atom. The molecule has 3 amide bonds. The number of carbonyl (C=O) groups is 3. The minimum absolute atomic E-state index is 0.135. The Balaban J connectivity index is 1.54. The van der Waals surface area contributed by atoms with E-state index >= 15 is 0 Å². The Hall–Kier alpha value is -3.19. The number of nitrogens with zero attached hydrogens (tertiary/aromatic N) is 2. The van der Waals surface area contributed by atoms with Crippen LogP contribution in [0.25, 0.3) is 0 Å². The van der Waals surface area contributed by atoms with Gasteiger partial charge in [0.05, 0.1) is 5.71 Å². The topological polar surface area (TPSA) is 88.1 Å². The van der Waals surface area contributed by atoms with Crippen LogP contribution in [0, 0.1) is 13.8 Å². The number of carbonyl (C=O) groups excluding carboxylic acids is 3. The number of halogens is 1. The highest BCUT2D eigenvalue weighted by Gasteiger charge is 2.37. The molecule has 1 unspecified atom stereocenters. The van der Waals surface area contributed by atoms with Crippen LogP contribution < -0.4 is 5.32 Å². The first-order chi connectivity index (χ1) is 14.6. The van der Waals surface area contributed by atoms with Gasteiger partial charge in [-0.3, -0.25) is 19.7 Å². The van der Waals surface area contributed by atoms with Crippen LogP contribution in [-0.4, -0.2) is 41.4 Å². The summed E-state index contributed by atoms with van der Waals surface area (Å²) >= 11 is 6.22. The van der Waals surface area contributed by atoms with Crippen LogP contribution in [-0.2, 0) is 20.0 Å². The van der Waals surface area contributed by atoms with Gasteiger partial charge in [-0.1, -0.05) is 28.9 Å². The zero-order chi connectivity index (χ0) is 22.3. The SMILES string of the molecule is Cc1cc(Cl)cc(C2(C)CC(c3ccc(C(=O)N4CC(=O)NC(=O)C4)c(C)c3)=NO2)c1. The van der Waals surface area contributed by atoms with Gasteiger partial charge in [0.15, 0.2) is 5.60 Å². The van der Waals surface area contributed by atoms with Crippen molar-refractivity contribution in [3.05, 3.63) is 69.2 Å². The third kappa shape index (κ3) is 4.18. The summed E-state index contributed by atoms with van der Waals surface area (Å²) in [4.78, 5) is 43.1. The molecule has 0 spiro atoms. The number of amides is 3. The summed E-state index contributed by atoms with van der Waals surface area (Å²) in [6.45, 7) is 5.50.